The number of halogens is 1. The van der Waals surface area contributed by atoms with Crippen molar-refractivity contribution in [1.82, 2.24) is 15.5 Å². The van der Waals surface area contributed by atoms with Crippen LogP contribution in [0.5, 0.6) is 5.75 Å². The number of nitrogens with one attached hydrogen (secondary N) is 2. The maximum absolute atomic E-state index is 12.8. The van der Waals surface area contributed by atoms with Gasteiger partial charge in [0.15, 0.2) is 5.96 Å². The Balaban J connectivity index is 1.55. The lowest BCUT2D eigenvalue weighted by molar-refractivity contribution is 0.167. The van der Waals surface area contributed by atoms with E-state index >= 15 is 0 Å². The van der Waals surface area contributed by atoms with Crippen LogP contribution in [0, 0.1) is 5.82 Å². The van der Waals surface area contributed by atoms with Crippen molar-refractivity contribution in [2.24, 2.45) is 4.99 Å². The van der Waals surface area contributed by atoms with Crippen molar-refractivity contribution in [3.63, 3.8) is 0 Å². The van der Waals surface area contributed by atoms with E-state index in [0.717, 1.165) is 51.3 Å². The van der Waals surface area contributed by atoms with Gasteiger partial charge in [-0.15, -0.1) is 0 Å². The third kappa shape index (κ3) is 7.20. The summed E-state index contributed by atoms with van der Waals surface area (Å²) in [7, 11) is 1.82. The lowest BCUT2D eigenvalue weighted by Crippen LogP contribution is -2.50. The monoisotopic (exact) mass is 364 g/mol. The van der Waals surface area contributed by atoms with Crippen molar-refractivity contribution in [1.29, 1.82) is 0 Å². The average molecular weight is 365 g/mol. The van der Waals surface area contributed by atoms with Gasteiger partial charge < -0.3 is 20.3 Å². The van der Waals surface area contributed by atoms with Crippen LogP contribution in [-0.4, -0.2) is 56.2 Å². The number of ether oxygens (including phenoxy) is 1. The minimum atomic E-state index is -0.240. The van der Waals surface area contributed by atoms with Crippen LogP contribution in [0.4, 0.5) is 4.39 Å². The highest BCUT2D eigenvalue weighted by atomic mass is 19.1. The first-order valence-electron chi connectivity index (χ1n) is 9.68. The quantitative estimate of drug-likeness (QED) is 0.423. The van der Waals surface area contributed by atoms with Gasteiger partial charge in [0.2, 0.25) is 0 Å². The summed E-state index contributed by atoms with van der Waals surface area (Å²) in [6.07, 6.45) is 4.25. The molecule has 0 aromatic heterocycles. The van der Waals surface area contributed by atoms with Crippen molar-refractivity contribution < 1.29 is 9.13 Å². The number of unbranched alkanes of at least 4 members (excludes halogenated alkanes) is 1. The summed E-state index contributed by atoms with van der Waals surface area (Å²) in [6, 6.07) is 7.27. The van der Waals surface area contributed by atoms with E-state index in [0.29, 0.717) is 24.4 Å². The van der Waals surface area contributed by atoms with Gasteiger partial charge in [-0.3, -0.25) is 4.99 Å². The molecule has 5 nitrogen and oxygen atoms in total. The van der Waals surface area contributed by atoms with Gasteiger partial charge in [-0.05, 0) is 63.8 Å². The third-order valence-electron chi connectivity index (χ3n) is 4.77. The van der Waals surface area contributed by atoms with Gasteiger partial charge in [0.05, 0.1) is 6.61 Å². The highest BCUT2D eigenvalue weighted by Crippen LogP contribution is 2.13. The molecular formula is C20H33FN4O. The molecule has 1 aromatic rings. The number of nitrogens with zero attached hydrogens (tertiary/aromatic N) is 2. The molecule has 0 spiro atoms. The van der Waals surface area contributed by atoms with Crippen LogP contribution < -0.4 is 15.4 Å². The Kier molecular flexibility index (Phi) is 8.68. The molecule has 0 bridgehead atoms. The van der Waals surface area contributed by atoms with Crippen molar-refractivity contribution in [3.05, 3.63) is 30.1 Å². The first-order valence-corrected chi connectivity index (χ1v) is 9.68. The van der Waals surface area contributed by atoms with E-state index in [4.69, 9.17) is 4.74 Å². The van der Waals surface area contributed by atoms with E-state index in [1.807, 2.05) is 7.05 Å². The molecule has 1 aliphatic heterocycles. The number of guanidine groups is 1. The highest BCUT2D eigenvalue weighted by Gasteiger charge is 2.21. The van der Waals surface area contributed by atoms with Gasteiger partial charge in [-0.1, -0.05) is 0 Å². The summed E-state index contributed by atoms with van der Waals surface area (Å²) in [5.41, 5.74) is 0. The van der Waals surface area contributed by atoms with Gasteiger partial charge in [-0.25, -0.2) is 4.39 Å². The van der Waals surface area contributed by atoms with Crippen molar-refractivity contribution in [2.45, 2.75) is 51.6 Å². The standard InChI is InChI=1S/C20H33FN4O/c1-16(2)25-13-10-18(11-14-25)24-20(22-3)23-12-4-5-15-26-19-8-6-17(21)7-9-19/h6-9,16,18H,4-5,10-15H2,1-3H3,(H2,22,23,24). The molecule has 1 aliphatic rings. The molecule has 2 rings (SSSR count). The van der Waals surface area contributed by atoms with Gasteiger partial charge in [0.25, 0.3) is 0 Å². The molecule has 1 fully saturated rings. The Morgan fingerprint density at radius 2 is 1.92 bits per heavy atom. The number of likely N-dealkylation sites (tertiary alicyclic amines) is 1. The second-order valence-electron chi connectivity index (χ2n) is 7.06. The van der Waals surface area contributed by atoms with Gasteiger partial charge in [0, 0.05) is 38.8 Å². The molecule has 1 saturated heterocycles. The van der Waals surface area contributed by atoms with Crippen molar-refractivity contribution in [2.75, 3.05) is 33.3 Å². The Bertz CT molecular complexity index is 539. The van der Waals surface area contributed by atoms with Crippen LogP contribution in [0.2, 0.25) is 0 Å². The smallest absolute Gasteiger partial charge is 0.191 e. The molecule has 0 radical (unpaired) electrons. The second kappa shape index (κ2) is 11.0. The topological polar surface area (TPSA) is 48.9 Å². The van der Waals surface area contributed by atoms with Gasteiger partial charge in [0.1, 0.15) is 11.6 Å². The zero-order valence-electron chi connectivity index (χ0n) is 16.3. The summed E-state index contributed by atoms with van der Waals surface area (Å²) in [6.45, 7) is 8.30. The van der Waals surface area contributed by atoms with Crippen LogP contribution >= 0.6 is 0 Å². The molecule has 0 atom stereocenters. The van der Waals surface area contributed by atoms with E-state index < -0.39 is 0 Å². The van der Waals surface area contributed by atoms with Gasteiger partial charge in [-0.2, -0.15) is 0 Å². The van der Waals surface area contributed by atoms with E-state index in [2.05, 4.69) is 34.4 Å². The Labute approximate surface area is 157 Å². The van der Waals surface area contributed by atoms with Crippen LogP contribution in [0.25, 0.3) is 0 Å². The third-order valence-corrected chi connectivity index (χ3v) is 4.77. The number of aliphatic imine (C=N–C) groups is 1. The summed E-state index contributed by atoms with van der Waals surface area (Å²) in [5, 5.41) is 6.91. The summed E-state index contributed by atoms with van der Waals surface area (Å²) in [5.74, 6) is 1.35. The van der Waals surface area contributed by atoms with Crippen LogP contribution in [0.15, 0.2) is 29.3 Å². The average Bonchev–Trinajstić information content (AvgIpc) is 2.65. The van der Waals surface area contributed by atoms with E-state index in [-0.39, 0.29) is 5.82 Å². The summed E-state index contributed by atoms with van der Waals surface area (Å²) >= 11 is 0. The molecular weight excluding hydrogens is 331 g/mol. The first-order chi connectivity index (χ1) is 12.6. The van der Waals surface area contributed by atoms with Crippen molar-refractivity contribution in [3.8, 4) is 5.75 Å². The summed E-state index contributed by atoms with van der Waals surface area (Å²) < 4.78 is 18.4. The second-order valence-corrected chi connectivity index (χ2v) is 7.06. The molecule has 6 heteroatoms. The number of piperidine rings is 1. The predicted octanol–water partition coefficient (Wildman–Crippen LogP) is 3.02. The summed E-state index contributed by atoms with van der Waals surface area (Å²) in [4.78, 5) is 6.85. The lowest BCUT2D eigenvalue weighted by atomic mass is 10.0. The fraction of sp³-hybridized carbons (Fsp3) is 0.650. The maximum atomic E-state index is 12.8. The first kappa shape index (κ1) is 20.5. The van der Waals surface area contributed by atoms with Gasteiger partial charge >= 0.3 is 0 Å². The molecule has 146 valence electrons. The largest absolute Gasteiger partial charge is 0.494 e. The number of hydrogen-bond acceptors (Lipinski definition) is 3. The predicted molar refractivity (Wildman–Crippen MR) is 105 cm³/mol. The Morgan fingerprint density at radius 3 is 2.54 bits per heavy atom. The molecule has 0 amide bonds. The van der Waals surface area contributed by atoms with E-state index in [1.165, 1.54) is 12.1 Å². The highest BCUT2D eigenvalue weighted by molar-refractivity contribution is 5.79. The van der Waals surface area contributed by atoms with Crippen LogP contribution in [-0.2, 0) is 0 Å². The fourth-order valence-electron chi connectivity index (χ4n) is 3.10. The molecule has 26 heavy (non-hydrogen) atoms. The van der Waals surface area contributed by atoms with E-state index in [1.54, 1.807) is 12.1 Å². The van der Waals surface area contributed by atoms with E-state index in [9.17, 15) is 4.39 Å². The fourth-order valence-corrected chi connectivity index (χ4v) is 3.10. The molecule has 0 unspecified atom stereocenters. The lowest BCUT2D eigenvalue weighted by Gasteiger charge is -2.35. The maximum Gasteiger partial charge on any atom is 0.191 e. The molecule has 1 aromatic carbocycles. The number of rotatable bonds is 8. The van der Waals surface area contributed by atoms with Crippen LogP contribution in [0.1, 0.15) is 39.5 Å². The molecule has 2 N–H and O–H groups in total. The molecule has 1 heterocycles. The molecule has 0 saturated carbocycles. The SMILES string of the molecule is CN=C(NCCCCOc1ccc(F)cc1)NC1CCN(C(C)C)CC1. The Morgan fingerprint density at radius 1 is 1.23 bits per heavy atom. The number of hydrogen-bond donors (Lipinski definition) is 2. The minimum Gasteiger partial charge on any atom is -0.494 e. The number of benzene rings is 1. The zero-order chi connectivity index (χ0) is 18.8. The zero-order valence-corrected chi connectivity index (χ0v) is 16.3. The molecule has 0 aliphatic carbocycles. The van der Waals surface area contributed by atoms with Crippen molar-refractivity contribution >= 4 is 5.96 Å². The normalized spacial score (nSPS) is 16.7. The van der Waals surface area contributed by atoms with Crippen LogP contribution in [0.3, 0.4) is 0 Å². The Hall–Kier alpha value is -1.82. The minimum absolute atomic E-state index is 0.240.